The van der Waals surface area contributed by atoms with Crippen LogP contribution in [0.2, 0.25) is 0 Å². The quantitative estimate of drug-likeness (QED) is 0.376. The zero-order valence-corrected chi connectivity index (χ0v) is 15.3. The number of hydrogen-bond acceptors (Lipinski definition) is 4. The highest BCUT2D eigenvalue weighted by Crippen LogP contribution is 2.37. The van der Waals surface area contributed by atoms with Crippen LogP contribution in [-0.2, 0) is 6.42 Å². The summed E-state index contributed by atoms with van der Waals surface area (Å²) in [4.78, 5) is 12.6. The van der Waals surface area contributed by atoms with Crippen molar-refractivity contribution in [1.29, 1.82) is 0 Å². The number of aromatic nitrogens is 1. The average molecular weight is 367 g/mol. The molecule has 0 radical (unpaired) electrons. The van der Waals surface area contributed by atoms with Crippen molar-refractivity contribution in [3.63, 3.8) is 0 Å². The minimum atomic E-state index is -0.410. The van der Waals surface area contributed by atoms with Crippen molar-refractivity contribution in [1.82, 2.24) is 5.16 Å². The SMILES string of the molecule is CCc1noc2c1c(=O)oc1cc(-c3ccccc3)c(-c3ccccc3)cc12. The summed E-state index contributed by atoms with van der Waals surface area (Å²) in [6.45, 7) is 1.94. The Bertz CT molecular complexity index is 1350. The Hall–Kier alpha value is -3.66. The van der Waals surface area contributed by atoms with E-state index >= 15 is 0 Å². The van der Waals surface area contributed by atoms with Crippen molar-refractivity contribution in [2.45, 2.75) is 13.3 Å². The van der Waals surface area contributed by atoms with Crippen LogP contribution in [0, 0.1) is 0 Å². The van der Waals surface area contributed by atoms with Gasteiger partial charge in [-0.25, -0.2) is 4.79 Å². The molecule has 0 spiro atoms. The molecule has 0 aliphatic heterocycles. The smallest absolute Gasteiger partial charge is 0.349 e. The zero-order chi connectivity index (χ0) is 19.1. The summed E-state index contributed by atoms with van der Waals surface area (Å²) in [5.74, 6) is 0. The van der Waals surface area contributed by atoms with E-state index in [2.05, 4.69) is 17.3 Å². The molecule has 0 unspecified atom stereocenters. The summed E-state index contributed by atoms with van der Waals surface area (Å²) in [6, 6.07) is 24.2. The van der Waals surface area contributed by atoms with Gasteiger partial charge in [0.05, 0.1) is 11.1 Å². The second kappa shape index (κ2) is 6.50. The molecule has 4 heteroatoms. The maximum Gasteiger partial charge on any atom is 0.349 e. The summed E-state index contributed by atoms with van der Waals surface area (Å²) < 4.78 is 11.2. The summed E-state index contributed by atoms with van der Waals surface area (Å²) in [7, 11) is 0. The fraction of sp³-hybridized carbons (Fsp3) is 0.0833. The first-order valence-electron chi connectivity index (χ1n) is 9.26. The Labute approximate surface area is 161 Å². The lowest BCUT2D eigenvalue weighted by atomic mass is 9.93. The molecule has 0 atom stereocenters. The highest BCUT2D eigenvalue weighted by molar-refractivity contribution is 6.05. The van der Waals surface area contributed by atoms with Crippen LogP contribution < -0.4 is 5.63 Å². The number of nitrogens with zero attached hydrogens (tertiary/aromatic N) is 1. The highest BCUT2D eigenvalue weighted by Gasteiger charge is 2.19. The van der Waals surface area contributed by atoms with Gasteiger partial charge in [0.15, 0.2) is 5.58 Å². The van der Waals surface area contributed by atoms with Crippen molar-refractivity contribution in [3.8, 4) is 22.3 Å². The predicted molar refractivity (Wildman–Crippen MR) is 110 cm³/mol. The molecule has 28 heavy (non-hydrogen) atoms. The Kier molecular flexibility index (Phi) is 3.83. The molecule has 0 amide bonds. The minimum absolute atomic E-state index is 0.410. The van der Waals surface area contributed by atoms with Crippen molar-refractivity contribution in [2.24, 2.45) is 0 Å². The molecule has 2 heterocycles. The second-order valence-electron chi connectivity index (χ2n) is 6.70. The van der Waals surface area contributed by atoms with Gasteiger partial charge in [-0.05, 0) is 40.8 Å². The number of benzene rings is 3. The van der Waals surface area contributed by atoms with Gasteiger partial charge in [0, 0.05) is 0 Å². The molecule has 0 aliphatic carbocycles. The van der Waals surface area contributed by atoms with Crippen LogP contribution in [0.5, 0.6) is 0 Å². The monoisotopic (exact) mass is 367 g/mol. The molecule has 5 rings (SSSR count). The van der Waals surface area contributed by atoms with Crippen LogP contribution >= 0.6 is 0 Å². The molecule has 0 bridgehead atoms. The predicted octanol–water partition coefficient (Wildman–Crippen LogP) is 5.83. The van der Waals surface area contributed by atoms with Crippen molar-refractivity contribution < 1.29 is 8.94 Å². The van der Waals surface area contributed by atoms with Crippen LogP contribution in [0.25, 0.3) is 44.2 Å². The molecular weight excluding hydrogens is 350 g/mol. The van der Waals surface area contributed by atoms with E-state index in [0.717, 1.165) is 27.6 Å². The van der Waals surface area contributed by atoms with Gasteiger partial charge in [0.1, 0.15) is 11.0 Å². The van der Waals surface area contributed by atoms with E-state index < -0.39 is 5.63 Å². The van der Waals surface area contributed by atoms with Gasteiger partial charge in [0.2, 0.25) is 0 Å². The van der Waals surface area contributed by atoms with Crippen molar-refractivity contribution in [2.75, 3.05) is 0 Å². The van der Waals surface area contributed by atoms with E-state index in [4.69, 9.17) is 8.94 Å². The fourth-order valence-electron chi connectivity index (χ4n) is 3.66. The third-order valence-corrected chi connectivity index (χ3v) is 5.04. The summed E-state index contributed by atoms with van der Waals surface area (Å²) >= 11 is 0. The Balaban J connectivity index is 1.91. The van der Waals surface area contributed by atoms with Gasteiger partial charge in [-0.15, -0.1) is 0 Å². The highest BCUT2D eigenvalue weighted by atomic mass is 16.5. The number of aryl methyl sites for hydroxylation is 1. The van der Waals surface area contributed by atoms with Gasteiger partial charge in [-0.3, -0.25) is 0 Å². The molecule has 0 saturated heterocycles. The standard InChI is InChI=1S/C24H17NO3/c1-2-20-22-23(28-25-20)19-13-17(15-9-5-3-6-10-15)18(14-21(19)27-24(22)26)16-11-7-4-8-12-16/h3-14H,2H2,1H3. The minimum Gasteiger partial charge on any atom is -0.422 e. The van der Waals surface area contributed by atoms with E-state index in [1.165, 1.54) is 0 Å². The molecule has 0 aliphatic rings. The van der Waals surface area contributed by atoms with E-state index in [9.17, 15) is 4.79 Å². The first-order chi connectivity index (χ1) is 13.8. The molecule has 136 valence electrons. The molecule has 3 aromatic carbocycles. The topological polar surface area (TPSA) is 56.2 Å². The largest absolute Gasteiger partial charge is 0.422 e. The summed E-state index contributed by atoms with van der Waals surface area (Å²) in [5.41, 5.74) is 5.37. The average Bonchev–Trinajstić information content (AvgIpc) is 3.19. The van der Waals surface area contributed by atoms with Crippen molar-refractivity contribution >= 4 is 21.9 Å². The number of hydrogen-bond donors (Lipinski definition) is 0. The molecule has 4 nitrogen and oxygen atoms in total. The van der Waals surface area contributed by atoms with Gasteiger partial charge >= 0.3 is 5.63 Å². The van der Waals surface area contributed by atoms with E-state index in [-0.39, 0.29) is 0 Å². The number of fused-ring (bicyclic) bond motifs is 3. The Morgan fingerprint density at radius 2 is 1.46 bits per heavy atom. The lowest BCUT2D eigenvalue weighted by Gasteiger charge is -2.12. The third kappa shape index (κ3) is 2.54. The van der Waals surface area contributed by atoms with E-state index in [1.807, 2.05) is 67.6 Å². The molecule has 0 N–H and O–H groups in total. The lowest BCUT2D eigenvalue weighted by molar-refractivity contribution is 0.448. The van der Waals surface area contributed by atoms with Gasteiger partial charge < -0.3 is 8.94 Å². The lowest BCUT2D eigenvalue weighted by Crippen LogP contribution is -2.01. The van der Waals surface area contributed by atoms with Crippen LogP contribution in [0.4, 0.5) is 0 Å². The third-order valence-electron chi connectivity index (χ3n) is 5.04. The summed E-state index contributed by atoms with van der Waals surface area (Å²) in [6.07, 6.45) is 0.608. The van der Waals surface area contributed by atoms with Gasteiger partial charge in [0.25, 0.3) is 0 Å². The fourth-order valence-corrected chi connectivity index (χ4v) is 3.66. The molecular formula is C24H17NO3. The molecule has 0 fully saturated rings. The zero-order valence-electron chi connectivity index (χ0n) is 15.3. The molecule has 2 aromatic heterocycles. The van der Waals surface area contributed by atoms with Crippen LogP contribution in [0.15, 0.2) is 86.5 Å². The summed E-state index contributed by atoms with van der Waals surface area (Å²) in [5, 5.41) is 5.25. The first kappa shape index (κ1) is 16.5. The number of rotatable bonds is 3. The van der Waals surface area contributed by atoms with E-state index in [1.54, 1.807) is 0 Å². The molecule has 5 aromatic rings. The molecule has 0 saturated carbocycles. The van der Waals surface area contributed by atoms with Crippen molar-refractivity contribution in [3.05, 3.63) is 88.9 Å². The van der Waals surface area contributed by atoms with Gasteiger partial charge in [-0.1, -0.05) is 72.7 Å². The van der Waals surface area contributed by atoms with Crippen LogP contribution in [0.1, 0.15) is 12.6 Å². The maximum atomic E-state index is 12.6. The second-order valence-corrected chi connectivity index (χ2v) is 6.70. The van der Waals surface area contributed by atoms with E-state index in [0.29, 0.717) is 28.7 Å². The Morgan fingerprint density at radius 1 is 0.857 bits per heavy atom. The van der Waals surface area contributed by atoms with Gasteiger partial charge in [-0.2, -0.15) is 0 Å². The maximum absolute atomic E-state index is 12.6. The normalized spacial score (nSPS) is 11.3. The van der Waals surface area contributed by atoms with Crippen LogP contribution in [0.3, 0.4) is 0 Å². The Morgan fingerprint density at radius 3 is 2.07 bits per heavy atom. The first-order valence-corrected chi connectivity index (χ1v) is 9.26. The van der Waals surface area contributed by atoms with Crippen LogP contribution in [-0.4, -0.2) is 5.16 Å².